The summed E-state index contributed by atoms with van der Waals surface area (Å²) in [5.74, 6) is 0. The zero-order chi connectivity index (χ0) is 97.3. The van der Waals surface area contributed by atoms with Crippen LogP contribution in [-0.4, -0.2) is 15.8 Å². The van der Waals surface area contributed by atoms with E-state index in [1.54, 1.807) is 9.13 Å². The minimum atomic E-state index is -0.897. The molecule has 0 bridgehead atoms. The molecule has 0 N–H and O–H groups in total. The number of hydrogen-bond donors (Lipinski definition) is 0. The van der Waals surface area contributed by atoms with E-state index < -0.39 is 114 Å². The average Bonchev–Trinajstić information content (AvgIpc) is 0.802. The first-order valence-corrected chi connectivity index (χ1v) is 42.9. The summed E-state index contributed by atoms with van der Waals surface area (Å²) in [6.07, 6.45) is 0. The van der Waals surface area contributed by atoms with Crippen molar-refractivity contribution in [3.8, 4) is 89.3 Å². The standard InChI is InChI=1S/C122H79BN4/c1-8-36-80(37-9-1)85-76-116-118-117(77-85)127(120-94(83-66-70-98-96-50-22-28-60-104(96)121(106(98)74-83,86-42-14-4-15-43-86)87-44-16-5-17-45-87)58-35-59-95(120)84-67-71-99-97-51-23-29-61-105(97)122(107(99)75-84,88-46-18-6-19-47-88)89-48-20-7-21-49-89)115-79-91(125-112-64-32-26-54-102(112)103-55-27-33-65-113(103)125)69-73-109(115)123(118)108-72-68-90(124-110-62-30-24-52-100(110)101-53-25-31-63-111(101)124)78-114(108)126(116)119-92(81-38-10-2-11-39-81)56-34-57-93(119)82-40-12-3-13-41-82/h1-79H/i24D,25D,26D,27D,30D,31D,32D,33D,52D,53D,54D,55D,62D,63D,64D,65D. The molecule has 2 aliphatic heterocycles. The second kappa shape index (κ2) is 28.6. The van der Waals surface area contributed by atoms with Gasteiger partial charge in [0.1, 0.15) is 0 Å². The third kappa shape index (κ3) is 10.6. The van der Waals surface area contributed by atoms with Gasteiger partial charge in [0.25, 0.3) is 6.71 Å². The van der Waals surface area contributed by atoms with Crippen molar-refractivity contribution in [1.82, 2.24) is 9.13 Å². The highest BCUT2D eigenvalue weighted by Gasteiger charge is 2.50. The lowest BCUT2D eigenvalue weighted by molar-refractivity contribution is 0.768. The molecule has 4 aliphatic rings. The molecule has 0 saturated carbocycles. The largest absolute Gasteiger partial charge is 0.310 e. The lowest BCUT2D eigenvalue weighted by Crippen LogP contribution is -2.61. The van der Waals surface area contributed by atoms with Crippen LogP contribution in [0.4, 0.5) is 34.1 Å². The quantitative estimate of drug-likeness (QED) is 0.107. The first-order chi connectivity index (χ1) is 69.7. The molecular formula is C122H79BN4. The number of aromatic nitrogens is 2. The second-order valence-electron chi connectivity index (χ2n) is 33.2. The summed E-state index contributed by atoms with van der Waals surface area (Å²) in [6.45, 7) is -0.864. The van der Waals surface area contributed by atoms with Crippen LogP contribution in [0.5, 0.6) is 0 Å². The number of nitrogens with zero attached hydrogens (tertiary/aromatic N) is 4. The summed E-state index contributed by atoms with van der Waals surface area (Å²) in [7, 11) is 0. The highest BCUT2D eigenvalue weighted by Crippen LogP contribution is 2.62. The van der Waals surface area contributed by atoms with Crippen LogP contribution < -0.4 is 26.2 Å². The average molecular weight is 1630 g/mol. The van der Waals surface area contributed by atoms with Crippen molar-refractivity contribution < 1.29 is 21.9 Å². The van der Waals surface area contributed by atoms with Crippen LogP contribution in [-0.2, 0) is 10.8 Å². The van der Waals surface area contributed by atoms with Gasteiger partial charge in [-0.1, -0.05) is 406 Å². The molecule has 0 atom stereocenters. The maximum absolute atomic E-state index is 10.2. The Labute approximate surface area is 760 Å². The highest BCUT2D eigenvalue weighted by atomic mass is 15.2. The van der Waals surface area contributed by atoms with Gasteiger partial charge in [0, 0.05) is 77.9 Å². The van der Waals surface area contributed by atoms with E-state index in [1.807, 2.05) is 91.0 Å². The van der Waals surface area contributed by atoms with Gasteiger partial charge in [-0.25, -0.2) is 0 Å². The third-order valence-electron chi connectivity index (χ3n) is 27.0. The molecule has 22 aromatic rings. The first-order valence-electron chi connectivity index (χ1n) is 50.9. The topological polar surface area (TPSA) is 16.3 Å². The van der Waals surface area contributed by atoms with Gasteiger partial charge in [0.2, 0.25) is 0 Å². The predicted molar refractivity (Wildman–Crippen MR) is 531 cm³/mol. The molecule has 26 rings (SSSR count). The summed E-state index contributed by atoms with van der Waals surface area (Å²) in [5.41, 5.74) is 25.6. The van der Waals surface area contributed by atoms with E-state index in [9.17, 15) is 21.9 Å². The molecule has 4 nitrogen and oxygen atoms in total. The van der Waals surface area contributed by atoms with Crippen LogP contribution in [0.15, 0.2) is 479 Å². The molecular weight excluding hydrogens is 1530 g/mol. The van der Waals surface area contributed by atoms with Gasteiger partial charge in [0.15, 0.2) is 0 Å². The third-order valence-corrected chi connectivity index (χ3v) is 27.0. The smallest absolute Gasteiger partial charge is 0.252 e. The molecule has 0 radical (unpaired) electrons. The highest BCUT2D eigenvalue weighted by molar-refractivity contribution is 7.00. The molecule has 0 unspecified atom stereocenters. The summed E-state index contributed by atoms with van der Waals surface area (Å²) in [5, 5.41) is -0.367. The molecule has 20 aromatic carbocycles. The van der Waals surface area contributed by atoms with Crippen molar-refractivity contribution in [3.63, 3.8) is 0 Å². The molecule has 0 saturated heterocycles. The van der Waals surface area contributed by atoms with Crippen LogP contribution in [0.3, 0.4) is 0 Å². The monoisotopic (exact) mass is 1630 g/mol. The van der Waals surface area contributed by atoms with Crippen molar-refractivity contribution in [2.75, 3.05) is 9.80 Å². The van der Waals surface area contributed by atoms with Crippen LogP contribution in [0.1, 0.15) is 66.4 Å². The van der Waals surface area contributed by atoms with Crippen molar-refractivity contribution in [1.29, 1.82) is 0 Å². The minimum Gasteiger partial charge on any atom is -0.310 e. The summed E-state index contributed by atoms with van der Waals surface area (Å²) >= 11 is 0. The number of para-hydroxylation sites is 6. The van der Waals surface area contributed by atoms with Crippen LogP contribution in [0, 0.1) is 0 Å². The predicted octanol–water partition coefficient (Wildman–Crippen LogP) is 29.0. The van der Waals surface area contributed by atoms with E-state index in [4.69, 9.17) is 0 Å². The molecule has 4 heterocycles. The molecule has 2 aliphatic carbocycles. The van der Waals surface area contributed by atoms with Gasteiger partial charge >= 0.3 is 0 Å². The number of fused-ring (bicyclic) bond motifs is 16. The lowest BCUT2D eigenvalue weighted by atomic mass is 9.33. The van der Waals surface area contributed by atoms with Gasteiger partial charge in [0.05, 0.1) is 66.2 Å². The maximum atomic E-state index is 10.2. The van der Waals surface area contributed by atoms with Gasteiger partial charge in [-0.3, -0.25) is 0 Å². The zero-order valence-corrected chi connectivity index (χ0v) is 68.2. The molecule has 0 amide bonds. The summed E-state index contributed by atoms with van der Waals surface area (Å²) in [6, 6.07) is 126. The molecule has 2 aromatic heterocycles. The zero-order valence-electron chi connectivity index (χ0n) is 84.2. The van der Waals surface area contributed by atoms with E-state index in [0.29, 0.717) is 45.0 Å². The molecule has 590 valence electrons. The van der Waals surface area contributed by atoms with Gasteiger partial charge in [-0.05, 0) is 189 Å². The van der Waals surface area contributed by atoms with E-state index in [1.165, 1.54) is 0 Å². The minimum absolute atomic E-state index is 0.0677. The van der Waals surface area contributed by atoms with E-state index >= 15 is 0 Å². The Bertz CT molecular complexity index is 8750. The fourth-order valence-electron chi connectivity index (χ4n) is 21.8. The molecule has 0 spiro atoms. The van der Waals surface area contributed by atoms with Gasteiger partial charge < -0.3 is 18.9 Å². The Morgan fingerprint density at radius 1 is 0.213 bits per heavy atom. The number of hydrogen-bond acceptors (Lipinski definition) is 2. The Morgan fingerprint density at radius 3 is 0.874 bits per heavy atom. The van der Waals surface area contributed by atoms with Crippen molar-refractivity contribution >= 4 is 101 Å². The van der Waals surface area contributed by atoms with Crippen LogP contribution in [0.25, 0.3) is 133 Å². The van der Waals surface area contributed by atoms with E-state index in [-0.39, 0.29) is 49.3 Å². The second-order valence-corrected chi connectivity index (χ2v) is 33.2. The number of rotatable bonds is 13. The summed E-state index contributed by atoms with van der Waals surface area (Å²) < 4.78 is 158. The Balaban J connectivity index is 0.861. The van der Waals surface area contributed by atoms with Crippen molar-refractivity contribution in [3.05, 3.63) is 523 Å². The molecule has 5 heteroatoms. The van der Waals surface area contributed by atoms with Gasteiger partial charge in [-0.2, -0.15) is 0 Å². The number of anilines is 6. The van der Waals surface area contributed by atoms with Crippen LogP contribution >= 0.6 is 0 Å². The Kier molecular flexibility index (Phi) is 13.0. The molecule has 127 heavy (non-hydrogen) atoms. The SMILES string of the molecule is [2H]c1c([2H])c([2H])c2c(c1[2H])c1c([2H])c([2H])c([2H])c([2H])c1n2-c1ccc2c(c1)N(c1c(-c3ccccc3)cccc1-c1ccccc1)c1cc(-c3ccccc3)cc3c1B2c1ccc(-n2c4c([2H])c([2H])c([2H])c([2H])c4c4c([2H])c([2H])c([2H])c([2H])c42)cc1N3c1c(-c2ccc3c(c2)C(c2ccccc2)(c2ccccc2)c2ccccc2-3)cccc1-c1ccc2c(c1)C(c1ccccc1)(c1ccccc1)c1ccccc1-2. The normalized spacial score (nSPS) is 15.2. The van der Waals surface area contributed by atoms with E-state index in [0.717, 1.165) is 134 Å². The van der Waals surface area contributed by atoms with E-state index in [2.05, 4.69) is 301 Å². The van der Waals surface area contributed by atoms with Crippen molar-refractivity contribution in [2.45, 2.75) is 10.8 Å². The fourth-order valence-corrected chi connectivity index (χ4v) is 21.8. The summed E-state index contributed by atoms with van der Waals surface area (Å²) in [4.78, 5) is 4.71. The lowest BCUT2D eigenvalue weighted by Gasteiger charge is -2.46. The van der Waals surface area contributed by atoms with Crippen molar-refractivity contribution in [2.24, 2.45) is 0 Å². The van der Waals surface area contributed by atoms with Crippen LogP contribution in [0.2, 0.25) is 0 Å². The maximum Gasteiger partial charge on any atom is 0.252 e. The Hall–Kier alpha value is -16.3. The van der Waals surface area contributed by atoms with Gasteiger partial charge in [-0.15, -0.1) is 0 Å². The number of benzene rings is 20. The Morgan fingerprint density at radius 2 is 0.512 bits per heavy atom. The fraction of sp³-hybridized carbons (Fsp3) is 0.0164. The first kappa shape index (κ1) is 57.9. The molecule has 0 fully saturated rings.